The van der Waals surface area contributed by atoms with E-state index in [1.807, 2.05) is 36.2 Å². The Bertz CT molecular complexity index is 960. The first kappa shape index (κ1) is 18.6. The van der Waals surface area contributed by atoms with Crippen LogP contribution in [0.25, 0.3) is 22.0 Å². The number of aromatic nitrogens is 1. The minimum Gasteiger partial charge on any atom is -0.388 e. The summed E-state index contributed by atoms with van der Waals surface area (Å²) in [7, 11) is 0. The highest BCUT2D eigenvalue weighted by Gasteiger charge is 2.27. The van der Waals surface area contributed by atoms with Gasteiger partial charge in [0.1, 0.15) is 0 Å². The van der Waals surface area contributed by atoms with Gasteiger partial charge in [0.15, 0.2) is 0 Å². The summed E-state index contributed by atoms with van der Waals surface area (Å²) in [6, 6.07) is 18.5. The number of piperidine rings is 1. The lowest BCUT2D eigenvalue weighted by Crippen LogP contribution is -2.39. The number of aliphatic hydroxyl groups is 1. The van der Waals surface area contributed by atoms with Crippen LogP contribution in [-0.2, 0) is 4.79 Å². The molecule has 3 aromatic rings. The van der Waals surface area contributed by atoms with Crippen LogP contribution >= 0.6 is 0 Å². The average Bonchev–Trinajstić information content (AvgIpc) is 2.78. The van der Waals surface area contributed by atoms with Crippen LogP contribution in [0.5, 0.6) is 0 Å². The van der Waals surface area contributed by atoms with Crippen molar-refractivity contribution in [3.8, 4) is 11.1 Å². The van der Waals surface area contributed by atoms with Crippen LogP contribution in [0, 0.1) is 5.92 Å². The van der Waals surface area contributed by atoms with Crippen molar-refractivity contribution in [2.45, 2.75) is 32.3 Å². The van der Waals surface area contributed by atoms with Gasteiger partial charge in [-0.15, -0.1) is 0 Å². The van der Waals surface area contributed by atoms with E-state index in [9.17, 15) is 9.90 Å². The molecular weight excluding hydrogens is 348 g/mol. The third-order valence-corrected chi connectivity index (χ3v) is 5.83. The Morgan fingerprint density at radius 2 is 1.82 bits per heavy atom. The molecule has 1 fully saturated rings. The Morgan fingerprint density at radius 1 is 1.11 bits per heavy atom. The fraction of sp³-hybridized carbons (Fsp3) is 0.333. The van der Waals surface area contributed by atoms with E-state index in [2.05, 4.69) is 41.4 Å². The maximum atomic E-state index is 11.8. The van der Waals surface area contributed by atoms with E-state index in [1.54, 1.807) is 0 Å². The molecule has 0 spiro atoms. The minimum atomic E-state index is -0.480. The Hall–Kier alpha value is -2.72. The summed E-state index contributed by atoms with van der Waals surface area (Å²) in [5, 5.41) is 11.9. The first-order valence-corrected chi connectivity index (χ1v) is 10.1. The van der Waals surface area contributed by atoms with Gasteiger partial charge in [-0.1, -0.05) is 49.4 Å². The molecule has 1 unspecified atom stereocenters. The smallest absolute Gasteiger partial charge is 0.222 e. The van der Waals surface area contributed by atoms with Crippen LogP contribution in [0.2, 0.25) is 0 Å². The van der Waals surface area contributed by atoms with Crippen molar-refractivity contribution in [1.29, 1.82) is 0 Å². The second-order valence-electron chi connectivity index (χ2n) is 7.55. The van der Waals surface area contributed by atoms with E-state index in [0.29, 0.717) is 6.42 Å². The van der Waals surface area contributed by atoms with E-state index in [1.165, 1.54) is 0 Å². The highest BCUT2D eigenvalue weighted by molar-refractivity contribution is 5.84. The van der Waals surface area contributed by atoms with Crippen LogP contribution in [0.15, 0.2) is 60.8 Å². The molecule has 0 radical (unpaired) electrons. The molecule has 2 heterocycles. The monoisotopic (exact) mass is 374 g/mol. The van der Waals surface area contributed by atoms with Crippen molar-refractivity contribution in [3.05, 3.63) is 66.4 Å². The maximum absolute atomic E-state index is 11.8. The number of hydrogen-bond acceptors (Lipinski definition) is 3. The van der Waals surface area contributed by atoms with Gasteiger partial charge >= 0.3 is 0 Å². The van der Waals surface area contributed by atoms with Gasteiger partial charge in [-0.25, -0.2) is 0 Å². The second-order valence-corrected chi connectivity index (χ2v) is 7.55. The molecule has 1 N–H and O–H groups in total. The predicted molar refractivity (Wildman–Crippen MR) is 112 cm³/mol. The summed E-state index contributed by atoms with van der Waals surface area (Å²) < 4.78 is 0. The number of benzene rings is 2. The van der Waals surface area contributed by atoms with Gasteiger partial charge in [0.25, 0.3) is 0 Å². The number of likely N-dealkylation sites (tertiary alicyclic amines) is 1. The molecule has 28 heavy (non-hydrogen) atoms. The van der Waals surface area contributed by atoms with Crippen LogP contribution < -0.4 is 0 Å². The van der Waals surface area contributed by atoms with Crippen LogP contribution in [-0.4, -0.2) is 34.0 Å². The van der Waals surface area contributed by atoms with E-state index in [0.717, 1.165) is 53.5 Å². The molecule has 0 saturated carbocycles. The SMILES string of the molecule is CCC(=O)N1CCC(C(O)c2ccc(-c3ccc4cccnc4c3)cc2)CC1. The van der Waals surface area contributed by atoms with Crippen molar-refractivity contribution in [1.82, 2.24) is 9.88 Å². The molecule has 1 aromatic heterocycles. The Kier molecular flexibility index (Phi) is 5.40. The number of pyridine rings is 1. The maximum Gasteiger partial charge on any atom is 0.222 e. The second kappa shape index (κ2) is 8.11. The van der Waals surface area contributed by atoms with Gasteiger partial charge in [0.2, 0.25) is 5.91 Å². The van der Waals surface area contributed by atoms with Crippen molar-refractivity contribution < 1.29 is 9.90 Å². The van der Waals surface area contributed by atoms with Gasteiger partial charge in [0, 0.05) is 31.1 Å². The molecule has 4 heteroatoms. The van der Waals surface area contributed by atoms with Crippen molar-refractivity contribution in [2.75, 3.05) is 13.1 Å². The summed E-state index contributed by atoms with van der Waals surface area (Å²) in [5.41, 5.74) is 4.17. The minimum absolute atomic E-state index is 0.205. The molecule has 2 aromatic carbocycles. The number of carbonyl (C=O) groups is 1. The number of aliphatic hydroxyl groups excluding tert-OH is 1. The molecule has 1 aliphatic heterocycles. The molecule has 1 atom stereocenters. The third-order valence-electron chi connectivity index (χ3n) is 5.83. The van der Waals surface area contributed by atoms with Crippen molar-refractivity contribution in [3.63, 3.8) is 0 Å². The number of rotatable bonds is 4. The first-order valence-electron chi connectivity index (χ1n) is 10.1. The third kappa shape index (κ3) is 3.78. The lowest BCUT2D eigenvalue weighted by molar-refractivity contribution is -0.132. The number of nitrogens with zero attached hydrogens (tertiary/aromatic N) is 2. The van der Waals surface area contributed by atoms with Crippen LogP contribution in [0.4, 0.5) is 0 Å². The molecule has 0 aliphatic carbocycles. The van der Waals surface area contributed by atoms with Crippen molar-refractivity contribution in [2.24, 2.45) is 5.92 Å². The van der Waals surface area contributed by atoms with Gasteiger partial charge in [-0.3, -0.25) is 9.78 Å². The van der Waals surface area contributed by atoms with Crippen LogP contribution in [0.1, 0.15) is 37.9 Å². The number of amides is 1. The Labute approximate surface area is 165 Å². The lowest BCUT2D eigenvalue weighted by Gasteiger charge is -2.34. The Morgan fingerprint density at radius 3 is 2.54 bits per heavy atom. The fourth-order valence-electron chi connectivity index (χ4n) is 4.08. The largest absolute Gasteiger partial charge is 0.388 e. The van der Waals surface area contributed by atoms with E-state index < -0.39 is 6.10 Å². The molecule has 1 aliphatic rings. The zero-order valence-electron chi connectivity index (χ0n) is 16.2. The summed E-state index contributed by atoms with van der Waals surface area (Å²) in [5.74, 6) is 0.416. The van der Waals surface area contributed by atoms with E-state index in [-0.39, 0.29) is 11.8 Å². The van der Waals surface area contributed by atoms with E-state index >= 15 is 0 Å². The highest BCUT2D eigenvalue weighted by Crippen LogP contribution is 2.32. The fourth-order valence-corrected chi connectivity index (χ4v) is 4.08. The molecule has 1 amide bonds. The average molecular weight is 374 g/mol. The van der Waals surface area contributed by atoms with Gasteiger partial charge in [-0.2, -0.15) is 0 Å². The van der Waals surface area contributed by atoms with Gasteiger partial charge in [0.05, 0.1) is 11.6 Å². The summed E-state index contributed by atoms with van der Waals surface area (Å²) in [4.78, 5) is 18.2. The topological polar surface area (TPSA) is 53.4 Å². The molecule has 4 rings (SSSR count). The zero-order valence-corrected chi connectivity index (χ0v) is 16.2. The van der Waals surface area contributed by atoms with Gasteiger partial charge < -0.3 is 10.0 Å². The molecule has 1 saturated heterocycles. The summed E-state index contributed by atoms with van der Waals surface area (Å²) in [6.45, 7) is 3.39. The summed E-state index contributed by atoms with van der Waals surface area (Å²) >= 11 is 0. The lowest BCUT2D eigenvalue weighted by atomic mass is 9.87. The number of carbonyl (C=O) groups excluding carboxylic acids is 1. The number of fused-ring (bicyclic) bond motifs is 1. The molecule has 0 bridgehead atoms. The highest BCUT2D eigenvalue weighted by atomic mass is 16.3. The zero-order chi connectivity index (χ0) is 19.5. The number of hydrogen-bond donors (Lipinski definition) is 1. The van der Waals surface area contributed by atoms with Crippen molar-refractivity contribution >= 4 is 16.8 Å². The standard InChI is InChI=1S/C24H26N2O2/c1-2-23(27)26-14-11-20(12-15-26)24(28)19-8-5-17(6-9-19)21-10-7-18-4-3-13-25-22(18)16-21/h3-10,13,16,20,24,28H,2,11-12,14-15H2,1H3. The molecule has 144 valence electrons. The van der Waals surface area contributed by atoms with Crippen LogP contribution in [0.3, 0.4) is 0 Å². The Balaban J connectivity index is 1.46. The van der Waals surface area contributed by atoms with E-state index in [4.69, 9.17) is 0 Å². The molecule has 4 nitrogen and oxygen atoms in total. The quantitative estimate of drug-likeness (QED) is 0.727. The predicted octanol–water partition coefficient (Wildman–Crippen LogP) is 4.58. The van der Waals surface area contributed by atoms with Gasteiger partial charge in [-0.05, 0) is 47.6 Å². The normalized spacial score (nSPS) is 16.3. The first-order chi connectivity index (χ1) is 13.7. The summed E-state index contributed by atoms with van der Waals surface area (Å²) in [6.07, 6.45) is 3.59. The molecular formula is C24H26N2O2.